The monoisotopic (exact) mass is 476 g/mol. The third-order valence-electron chi connectivity index (χ3n) is 5.75. The lowest BCUT2D eigenvalue weighted by molar-refractivity contribution is -0.135. The van der Waals surface area contributed by atoms with Gasteiger partial charge in [0.25, 0.3) is 0 Å². The van der Waals surface area contributed by atoms with E-state index in [2.05, 4.69) is 0 Å². The van der Waals surface area contributed by atoms with Crippen LogP contribution in [0, 0.1) is 0 Å². The van der Waals surface area contributed by atoms with E-state index in [-0.39, 0.29) is 0 Å². The highest BCUT2D eigenvalue weighted by Gasteiger charge is 2.34. The molecule has 0 amide bonds. The Morgan fingerprint density at radius 3 is 1.00 bits per heavy atom. The van der Waals surface area contributed by atoms with Crippen LogP contribution in [-0.4, -0.2) is 0 Å². The van der Waals surface area contributed by atoms with Gasteiger partial charge in [0.15, 0.2) is 0 Å². The van der Waals surface area contributed by atoms with Crippen LogP contribution in [0.25, 0.3) is 52.5 Å². The van der Waals surface area contributed by atoms with Crippen molar-refractivity contribution >= 4 is 75.2 Å². The SMILES string of the molecule is FC(F)(F)c1cc2c(ccc3c2ccc2c4ccc5sc(C(F)(F)F)cc5c4ccc32)s1. The Balaban J connectivity index is 1.66. The molecular formula is C24H10F6S2. The van der Waals surface area contributed by atoms with E-state index < -0.39 is 22.1 Å². The van der Waals surface area contributed by atoms with Crippen molar-refractivity contribution in [3.8, 4) is 0 Å². The first-order valence-electron chi connectivity index (χ1n) is 9.50. The van der Waals surface area contributed by atoms with Crippen molar-refractivity contribution in [3.05, 3.63) is 70.4 Å². The van der Waals surface area contributed by atoms with Gasteiger partial charge in [-0.1, -0.05) is 36.4 Å². The van der Waals surface area contributed by atoms with Crippen LogP contribution in [-0.2, 0) is 12.4 Å². The number of benzene rings is 4. The van der Waals surface area contributed by atoms with Gasteiger partial charge in [-0.2, -0.15) is 26.3 Å². The number of hydrogen-bond acceptors (Lipinski definition) is 2. The van der Waals surface area contributed by atoms with E-state index in [0.717, 1.165) is 32.3 Å². The van der Waals surface area contributed by atoms with E-state index in [9.17, 15) is 26.3 Å². The van der Waals surface area contributed by atoms with E-state index in [0.29, 0.717) is 42.8 Å². The van der Waals surface area contributed by atoms with Crippen LogP contribution in [0.2, 0.25) is 0 Å². The fourth-order valence-corrected chi connectivity index (χ4v) is 6.25. The summed E-state index contributed by atoms with van der Waals surface area (Å²) in [6.45, 7) is 0. The summed E-state index contributed by atoms with van der Waals surface area (Å²) in [6, 6.07) is 16.7. The molecule has 2 aromatic heterocycles. The number of alkyl halides is 6. The summed E-state index contributed by atoms with van der Waals surface area (Å²) in [7, 11) is 0. The number of halogens is 6. The molecule has 4 aromatic carbocycles. The van der Waals surface area contributed by atoms with Crippen LogP contribution in [0.3, 0.4) is 0 Å². The van der Waals surface area contributed by atoms with Crippen LogP contribution in [0.1, 0.15) is 9.75 Å². The summed E-state index contributed by atoms with van der Waals surface area (Å²) >= 11 is 1.43. The molecule has 0 nitrogen and oxygen atoms in total. The predicted octanol–water partition coefficient (Wildman–Crippen LogP) is 9.61. The fraction of sp³-hybridized carbons (Fsp3) is 0.0833. The minimum absolute atomic E-state index is 0.546. The van der Waals surface area contributed by atoms with Crippen molar-refractivity contribution in [2.75, 3.05) is 0 Å². The summed E-state index contributed by atoms with van der Waals surface area (Å²) in [5.41, 5.74) is 0. The molecule has 6 rings (SSSR count). The zero-order valence-corrected chi connectivity index (χ0v) is 17.5. The predicted molar refractivity (Wildman–Crippen MR) is 120 cm³/mol. The van der Waals surface area contributed by atoms with Crippen molar-refractivity contribution in [1.29, 1.82) is 0 Å². The Bertz CT molecular complexity index is 1570. The highest BCUT2D eigenvalue weighted by atomic mass is 32.1. The van der Waals surface area contributed by atoms with Crippen LogP contribution < -0.4 is 0 Å². The molecule has 0 aliphatic rings. The van der Waals surface area contributed by atoms with Gasteiger partial charge >= 0.3 is 12.4 Å². The Morgan fingerprint density at radius 2 is 0.688 bits per heavy atom. The van der Waals surface area contributed by atoms with Gasteiger partial charge in [-0.05, 0) is 56.6 Å². The maximum Gasteiger partial charge on any atom is 0.425 e. The molecule has 0 radical (unpaired) electrons. The molecule has 0 N–H and O–H groups in total. The van der Waals surface area contributed by atoms with Gasteiger partial charge in [0.05, 0.1) is 0 Å². The summed E-state index contributed by atoms with van der Waals surface area (Å²) in [4.78, 5) is -1.28. The van der Waals surface area contributed by atoms with Crippen molar-refractivity contribution in [3.63, 3.8) is 0 Å². The lowest BCUT2D eigenvalue weighted by Gasteiger charge is -2.09. The second-order valence-corrected chi connectivity index (χ2v) is 9.76. The topological polar surface area (TPSA) is 0 Å². The molecule has 0 saturated carbocycles. The minimum atomic E-state index is -4.40. The Hall–Kier alpha value is -2.84. The van der Waals surface area contributed by atoms with Crippen LogP contribution in [0.15, 0.2) is 60.7 Å². The molecule has 160 valence electrons. The quantitative estimate of drug-likeness (QED) is 0.151. The number of thiophene rings is 2. The molecule has 6 aromatic rings. The molecule has 2 heterocycles. The second-order valence-electron chi connectivity index (χ2n) is 7.59. The van der Waals surface area contributed by atoms with E-state index in [1.54, 1.807) is 24.3 Å². The summed E-state index contributed by atoms with van der Waals surface area (Å²) in [5, 5.41) is 5.85. The summed E-state index contributed by atoms with van der Waals surface area (Å²) in [6.07, 6.45) is -8.80. The molecule has 0 unspecified atom stereocenters. The molecular weight excluding hydrogens is 466 g/mol. The maximum atomic E-state index is 13.2. The zero-order chi connectivity index (χ0) is 22.4. The van der Waals surface area contributed by atoms with Gasteiger partial charge in [-0.3, -0.25) is 0 Å². The Labute approximate surface area is 184 Å². The summed E-state index contributed by atoms with van der Waals surface area (Å²) < 4.78 is 80.3. The van der Waals surface area contributed by atoms with E-state index in [4.69, 9.17) is 0 Å². The molecule has 32 heavy (non-hydrogen) atoms. The molecule has 0 bridgehead atoms. The molecule has 8 heteroatoms. The third-order valence-corrected chi connectivity index (χ3v) is 8.04. The van der Waals surface area contributed by atoms with Crippen LogP contribution in [0.4, 0.5) is 26.3 Å². The largest absolute Gasteiger partial charge is 0.425 e. The number of hydrogen-bond donors (Lipinski definition) is 0. The lowest BCUT2D eigenvalue weighted by atomic mass is 9.95. The second kappa shape index (κ2) is 6.36. The Kier molecular flexibility index (Phi) is 3.94. The lowest BCUT2D eigenvalue weighted by Crippen LogP contribution is -2.00. The zero-order valence-electron chi connectivity index (χ0n) is 15.9. The first kappa shape index (κ1) is 19.8. The number of rotatable bonds is 0. The van der Waals surface area contributed by atoms with Crippen molar-refractivity contribution < 1.29 is 26.3 Å². The van der Waals surface area contributed by atoms with Crippen molar-refractivity contribution in [2.24, 2.45) is 0 Å². The maximum absolute atomic E-state index is 13.2. The number of fused-ring (bicyclic) bond motifs is 9. The standard InChI is InChI=1S/C24H10F6S2/c25-23(26,27)21-9-17-15-3-1-11-12(14(15)6-8-19(17)31-21)2-4-16-13(11)5-7-20-18(16)10-22(32-20)24(28,29)30/h1-10H. The van der Waals surface area contributed by atoms with E-state index in [1.165, 1.54) is 12.1 Å². The first-order valence-corrected chi connectivity index (χ1v) is 11.1. The third kappa shape index (κ3) is 2.82. The normalized spacial score (nSPS) is 13.3. The van der Waals surface area contributed by atoms with Gasteiger partial charge in [-0.25, -0.2) is 0 Å². The smallest absolute Gasteiger partial charge is 0.165 e. The van der Waals surface area contributed by atoms with E-state index >= 15 is 0 Å². The molecule has 0 saturated heterocycles. The van der Waals surface area contributed by atoms with Crippen molar-refractivity contribution in [2.45, 2.75) is 12.4 Å². The van der Waals surface area contributed by atoms with Gasteiger partial charge in [0.2, 0.25) is 0 Å². The Morgan fingerprint density at radius 1 is 0.406 bits per heavy atom. The van der Waals surface area contributed by atoms with Crippen LogP contribution in [0.5, 0.6) is 0 Å². The highest BCUT2D eigenvalue weighted by Crippen LogP contribution is 2.44. The highest BCUT2D eigenvalue weighted by molar-refractivity contribution is 7.19. The molecule has 0 atom stereocenters. The fourth-order valence-electron chi connectivity index (χ4n) is 4.36. The van der Waals surface area contributed by atoms with Crippen LogP contribution >= 0.6 is 22.7 Å². The van der Waals surface area contributed by atoms with Crippen molar-refractivity contribution in [1.82, 2.24) is 0 Å². The first-order chi connectivity index (χ1) is 15.1. The molecule has 0 fully saturated rings. The molecule has 0 aliphatic heterocycles. The van der Waals surface area contributed by atoms with Gasteiger partial charge in [0, 0.05) is 20.2 Å². The summed E-state index contributed by atoms with van der Waals surface area (Å²) in [5.74, 6) is 0. The molecule has 0 spiro atoms. The van der Waals surface area contributed by atoms with Gasteiger partial charge < -0.3 is 0 Å². The average molecular weight is 476 g/mol. The van der Waals surface area contributed by atoms with Gasteiger partial charge in [-0.15, -0.1) is 22.7 Å². The molecule has 0 aliphatic carbocycles. The average Bonchev–Trinajstić information content (AvgIpc) is 3.37. The van der Waals surface area contributed by atoms with Gasteiger partial charge in [0.1, 0.15) is 9.75 Å². The minimum Gasteiger partial charge on any atom is -0.165 e. The van der Waals surface area contributed by atoms with E-state index in [1.807, 2.05) is 24.3 Å².